The minimum atomic E-state index is -4.68. The van der Waals surface area contributed by atoms with Gasteiger partial charge < -0.3 is 24.5 Å². The molecule has 2 aliphatic rings. The number of carboxylic acids is 1. The van der Waals surface area contributed by atoms with Crippen molar-refractivity contribution in [2.24, 2.45) is 4.99 Å². The third-order valence-electron chi connectivity index (χ3n) is 7.32. The molecular formula is C29H27F5N4O3. The third kappa shape index (κ3) is 5.50. The van der Waals surface area contributed by atoms with Crippen LogP contribution in [0.2, 0.25) is 0 Å². The van der Waals surface area contributed by atoms with Crippen molar-refractivity contribution >= 4 is 29.0 Å². The zero-order valence-corrected chi connectivity index (χ0v) is 22.3. The lowest BCUT2D eigenvalue weighted by Crippen LogP contribution is -2.55. The average Bonchev–Trinajstić information content (AvgIpc) is 2.94. The summed E-state index contributed by atoms with van der Waals surface area (Å²) in [5.41, 5.74) is 0.476. The van der Waals surface area contributed by atoms with E-state index in [1.54, 1.807) is 24.0 Å². The Morgan fingerprint density at radius 2 is 1.71 bits per heavy atom. The lowest BCUT2D eigenvalue weighted by molar-refractivity contribution is -0.138. The van der Waals surface area contributed by atoms with Crippen LogP contribution in [0.5, 0.6) is 5.75 Å². The summed E-state index contributed by atoms with van der Waals surface area (Å²) in [5.74, 6) is -2.03. The van der Waals surface area contributed by atoms with Gasteiger partial charge in [-0.1, -0.05) is 12.1 Å². The molecule has 1 unspecified atom stereocenters. The Kier molecular flexibility index (Phi) is 7.50. The number of methoxy groups -OCH3 is 1. The van der Waals surface area contributed by atoms with Crippen LogP contribution in [-0.4, -0.2) is 55.2 Å². The lowest BCUT2D eigenvalue weighted by Gasteiger charge is -2.45. The fraction of sp³-hybridized carbons (Fsp3) is 0.310. The number of rotatable bonds is 5. The van der Waals surface area contributed by atoms with Crippen LogP contribution < -0.4 is 14.5 Å². The molecule has 0 bridgehead atoms. The molecule has 7 nitrogen and oxygen atoms in total. The van der Waals surface area contributed by atoms with E-state index in [-0.39, 0.29) is 34.5 Å². The van der Waals surface area contributed by atoms with Crippen molar-refractivity contribution in [2.75, 3.05) is 43.1 Å². The number of benzene rings is 3. The van der Waals surface area contributed by atoms with Gasteiger partial charge in [0.05, 0.1) is 30.8 Å². The molecule has 3 aromatic carbocycles. The number of hydrogen-bond donors (Lipinski definition) is 1. The molecule has 0 aliphatic carbocycles. The molecule has 3 aromatic rings. The number of anilines is 2. The summed E-state index contributed by atoms with van der Waals surface area (Å²) in [6.07, 6.45) is -5.22. The van der Waals surface area contributed by atoms with E-state index in [0.717, 1.165) is 17.8 Å². The number of aryl methyl sites for hydroxylation is 1. The van der Waals surface area contributed by atoms with Crippen molar-refractivity contribution in [1.29, 1.82) is 0 Å². The first kappa shape index (κ1) is 28.2. The summed E-state index contributed by atoms with van der Waals surface area (Å²) in [4.78, 5) is 21.8. The van der Waals surface area contributed by atoms with Crippen LogP contribution in [0.3, 0.4) is 0 Å². The van der Waals surface area contributed by atoms with Crippen molar-refractivity contribution in [3.8, 4) is 5.75 Å². The average molecular weight is 575 g/mol. The van der Waals surface area contributed by atoms with Crippen LogP contribution in [0, 0.1) is 18.6 Å². The Hall–Kier alpha value is -4.35. The van der Waals surface area contributed by atoms with E-state index in [4.69, 9.17) is 4.74 Å². The van der Waals surface area contributed by atoms with E-state index in [9.17, 15) is 27.5 Å². The predicted octanol–water partition coefficient (Wildman–Crippen LogP) is 6.15. The minimum Gasteiger partial charge on any atom is -0.495 e. The van der Waals surface area contributed by atoms with Crippen LogP contribution in [0.4, 0.5) is 39.0 Å². The lowest BCUT2D eigenvalue weighted by atomic mass is 9.96. The molecule has 1 N–H and O–H groups in total. The van der Waals surface area contributed by atoms with Gasteiger partial charge >= 0.3 is 12.1 Å². The van der Waals surface area contributed by atoms with Gasteiger partial charge in [-0.3, -0.25) is 4.79 Å². The van der Waals surface area contributed by atoms with Crippen molar-refractivity contribution in [2.45, 2.75) is 25.6 Å². The molecular weight excluding hydrogens is 547 g/mol. The number of halogens is 5. The molecule has 0 radical (unpaired) electrons. The standard InChI is InChI=1S/C29H27F5N4O3/c1-17-14-19(7-8-21(17)30)36-10-12-37(13-11-36)28-35-27-20(4-3-5-22(27)31)23(16-26(39)40)38(28)24-15-18(29(32,33)34)6-9-25(24)41-2/h3-9,14-15,23H,10-13,16H2,1-2H3,(H,39,40). The Bertz CT molecular complexity index is 1500. The molecule has 216 valence electrons. The van der Waals surface area contributed by atoms with E-state index in [1.165, 1.54) is 42.3 Å². The zero-order chi connectivity index (χ0) is 29.5. The second-order valence-electron chi connectivity index (χ2n) is 9.87. The van der Waals surface area contributed by atoms with Gasteiger partial charge in [0.2, 0.25) is 5.96 Å². The summed E-state index contributed by atoms with van der Waals surface area (Å²) in [7, 11) is 1.30. The number of alkyl halides is 3. The maximum absolute atomic E-state index is 15.1. The van der Waals surface area contributed by atoms with Crippen molar-refractivity contribution in [3.05, 3.63) is 82.9 Å². The molecule has 0 saturated carbocycles. The number of carbonyl (C=O) groups is 1. The van der Waals surface area contributed by atoms with Gasteiger partial charge in [-0.05, 0) is 55.0 Å². The molecule has 12 heteroatoms. The van der Waals surface area contributed by atoms with E-state index in [2.05, 4.69) is 4.99 Å². The van der Waals surface area contributed by atoms with E-state index in [0.29, 0.717) is 31.7 Å². The number of carboxylic acid groups (broad SMARTS) is 1. The van der Waals surface area contributed by atoms with E-state index in [1.807, 2.05) is 4.90 Å². The first-order valence-corrected chi connectivity index (χ1v) is 12.9. The molecule has 1 atom stereocenters. The van der Waals surface area contributed by atoms with Gasteiger partial charge in [0, 0.05) is 37.4 Å². The molecule has 2 heterocycles. The molecule has 0 amide bonds. The smallest absolute Gasteiger partial charge is 0.416 e. The highest BCUT2D eigenvalue weighted by Gasteiger charge is 2.40. The van der Waals surface area contributed by atoms with Crippen LogP contribution in [0.25, 0.3) is 0 Å². The normalized spacial score (nSPS) is 17.3. The van der Waals surface area contributed by atoms with E-state index < -0.39 is 36.0 Å². The first-order valence-electron chi connectivity index (χ1n) is 12.9. The second-order valence-corrected chi connectivity index (χ2v) is 9.87. The Morgan fingerprint density at radius 1 is 1.00 bits per heavy atom. The molecule has 1 fully saturated rings. The van der Waals surface area contributed by atoms with Gasteiger partial charge in [-0.15, -0.1) is 0 Å². The summed E-state index contributed by atoms with van der Waals surface area (Å²) in [6.45, 7) is 3.23. The number of hydrogen-bond acceptors (Lipinski definition) is 6. The van der Waals surface area contributed by atoms with Crippen LogP contribution >= 0.6 is 0 Å². The Labute approximate surface area is 233 Å². The quantitative estimate of drug-likeness (QED) is 0.369. The number of ether oxygens (including phenoxy) is 1. The van der Waals surface area contributed by atoms with Gasteiger partial charge in [-0.2, -0.15) is 13.2 Å². The van der Waals surface area contributed by atoms with Crippen molar-refractivity contribution in [3.63, 3.8) is 0 Å². The monoisotopic (exact) mass is 574 g/mol. The fourth-order valence-corrected chi connectivity index (χ4v) is 5.26. The first-order chi connectivity index (χ1) is 19.5. The number of aliphatic carboxylic acids is 1. The molecule has 0 spiro atoms. The number of para-hydroxylation sites is 1. The van der Waals surface area contributed by atoms with E-state index >= 15 is 4.39 Å². The summed E-state index contributed by atoms with van der Waals surface area (Å²) in [5, 5.41) is 9.82. The number of guanidine groups is 1. The van der Waals surface area contributed by atoms with Crippen LogP contribution in [0.15, 0.2) is 59.6 Å². The number of fused-ring (bicyclic) bond motifs is 1. The SMILES string of the molecule is COc1ccc(C(F)(F)F)cc1N1C(N2CCN(c3ccc(F)c(C)c3)CC2)=Nc2c(F)cccc2C1CC(=O)O. The molecule has 0 aromatic heterocycles. The number of piperazine rings is 1. The van der Waals surface area contributed by atoms with Crippen LogP contribution in [0.1, 0.15) is 29.2 Å². The molecule has 2 aliphatic heterocycles. The number of nitrogens with zero attached hydrogens (tertiary/aromatic N) is 4. The molecule has 5 rings (SSSR count). The predicted molar refractivity (Wildman–Crippen MR) is 144 cm³/mol. The Balaban J connectivity index is 1.61. The van der Waals surface area contributed by atoms with Gasteiger partial charge in [0.25, 0.3) is 0 Å². The Morgan fingerprint density at radius 3 is 2.34 bits per heavy atom. The van der Waals surface area contributed by atoms with Gasteiger partial charge in [0.1, 0.15) is 23.1 Å². The van der Waals surface area contributed by atoms with Crippen molar-refractivity contribution in [1.82, 2.24) is 4.90 Å². The summed E-state index contributed by atoms with van der Waals surface area (Å²) >= 11 is 0. The fourth-order valence-electron chi connectivity index (χ4n) is 5.26. The van der Waals surface area contributed by atoms with Crippen molar-refractivity contribution < 1.29 is 36.6 Å². The van der Waals surface area contributed by atoms with Crippen LogP contribution in [-0.2, 0) is 11.0 Å². The maximum atomic E-state index is 15.1. The van der Waals surface area contributed by atoms with Gasteiger partial charge in [0.15, 0.2) is 0 Å². The maximum Gasteiger partial charge on any atom is 0.416 e. The topological polar surface area (TPSA) is 68.6 Å². The summed E-state index contributed by atoms with van der Waals surface area (Å²) in [6, 6.07) is 10.8. The third-order valence-corrected chi connectivity index (χ3v) is 7.32. The highest BCUT2D eigenvalue weighted by molar-refractivity contribution is 6.02. The summed E-state index contributed by atoms with van der Waals surface area (Å²) < 4.78 is 75.7. The highest BCUT2D eigenvalue weighted by atomic mass is 19.4. The van der Waals surface area contributed by atoms with Gasteiger partial charge in [-0.25, -0.2) is 13.8 Å². The molecule has 41 heavy (non-hydrogen) atoms. The highest BCUT2D eigenvalue weighted by Crippen LogP contribution is 2.46. The largest absolute Gasteiger partial charge is 0.495 e. The zero-order valence-electron chi connectivity index (χ0n) is 22.3. The molecule has 1 saturated heterocycles. The second kappa shape index (κ2) is 10.9. The minimum absolute atomic E-state index is 0.0428. The number of aliphatic imine (C=N–C) groups is 1.